The Balaban J connectivity index is 1.34. The van der Waals surface area contributed by atoms with Crippen molar-refractivity contribution < 1.29 is 9.53 Å². The predicted octanol–water partition coefficient (Wildman–Crippen LogP) is 3.04. The number of carbonyl (C=O) groups is 1. The van der Waals surface area contributed by atoms with Crippen molar-refractivity contribution >= 4 is 35.1 Å². The molecule has 9 heteroatoms. The molecule has 166 valence electrons. The van der Waals surface area contributed by atoms with Crippen LogP contribution in [-0.4, -0.2) is 84.7 Å². The molecule has 0 atom stereocenters. The first-order valence-electron chi connectivity index (χ1n) is 10.7. The molecule has 0 N–H and O–H groups in total. The van der Waals surface area contributed by atoms with Crippen LogP contribution in [0, 0.1) is 0 Å². The number of benzene rings is 1. The Bertz CT molecular complexity index is 884. The van der Waals surface area contributed by atoms with Crippen LogP contribution < -0.4 is 4.90 Å². The standard InChI is InChI=1S/C22H28ClN5O2S/c1-2-26-7-9-28(10-8-26)21(29)18-5-3-17(4-6-18)16-31-22-24-19(23)15-20(25-22)27-11-13-30-14-12-27/h3-6,15H,2,7-14,16H2,1H3. The molecule has 0 bridgehead atoms. The van der Waals surface area contributed by atoms with Gasteiger partial charge in [-0.25, -0.2) is 9.97 Å². The monoisotopic (exact) mass is 461 g/mol. The van der Waals surface area contributed by atoms with Crippen molar-refractivity contribution in [1.82, 2.24) is 19.8 Å². The van der Waals surface area contributed by atoms with Crippen molar-refractivity contribution in [2.75, 3.05) is 63.9 Å². The molecule has 0 spiro atoms. The van der Waals surface area contributed by atoms with E-state index >= 15 is 0 Å². The molecule has 2 fully saturated rings. The number of nitrogens with zero attached hydrogens (tertiary/aromatic N) is 5. The number of hydrogen-bond donors (Lipinski definition) is 0. The van der Waals surface area contributed by atoms with Gasteiger partial charge in [0.15, 0.2) is 5.16 Å². The van der Waals surface area contributed by atoms with Crippen LogP contribution in [0.25, 0.3) is 0 Å². The predicted molar refractivity (Wildman–Crippen MR) is 124 cm³/mol. The van der Waals surface area contributed by atoms with Crippen LogP contribution >= 0.6 is 23.4 Å². The van der Waals surface area contributed by atoms with Crippen molar-refractivity contribution in [2.45, 2.75) is 17.8 Å². The summed E-state index contributed by atoms with van der Waals surface area (Å²) in [6, 6.07) is 9.66. The average Bonchev–Trinajstić information content (AvgIpc) is 2.83. The molecule has 2 aliphatic rings. The first-order chi connectivity index (χ1) is 15.1. The Hall–Kier alpha value is -1.87. The number of halogens is 1. The van der Waals surface area contributed by atoms with Crippen LogP contribution in [-0.2, 0) is 10.5 Å². The summed E-state index contributed by atoms with van der Waals surface area (Å²) < 4.78 is 5.41. The van der Waals surface area contributed by atoms with Gasteiger partial charge < -0.3 is 19.4 Å². The maximum atomic E-state index is 12.8. The summed E-state index contributed by atoms with van der Waals surface area (Å²) in [6.07, 6.45) is 0. The number of morpholine rings is 1. The second-order valence-electron chi connectivity index (χ2n) is 7.64. The van der Waals surface area contributed by atoms with E-state index < -0.39 is 0 Å². The van der Waals surface area contributed by atoms with E-state index in [9.17, 15) is 4.79 Å². The minimum absolute atomic E-state index is 0.114. The van der Waals surface area contributed by atoms with E-state index in [1.54, 1.807) is 17.8 Å². The molecular weight excluding hydrogens is 434 g/mol. The number of thioether (sulfide) groups is 1. The maximum Gasteiger partial charge on any atom is 0.253 e. The van der Waals surface area contributed by atoms with Gasteiger partial charge in [-0.1, -0.05) is 42.4 Å². The van der Waals surface area contributed by atoms with Gasteiger partial charge in [-0.2, -0.15) is 0 Å². The van der Waals surface area contributed by atoms with Crippen LogP contribution in [0.4, 0.5) is 5.82 Å². The highest BCUT2D eigenvalue weighted by Crippen LogP contribution is 2.25. The van der Waals surface area contributed by atoms with Gasteiger partial charge in [0.1, 0.15) is 11.0 Å². The molecule has 7 nitrogen and oxygen atoms in total. The molecule has 0 saturated carbocycles. The van der Waals surface area contributed by atoms with Crippen LogP contribution in [0.5, 0.6) is 0 Å². The van der Waals surface area contributed by atoms with Crippen LogP contribution in [0.15, 0.2) is 35.5 Å². The molecule has 2 aromatic rings. The van der Waals surface area contributed by atoms with E-state index in [2.05, 4.69) is 26.7 Å². The van der Waals surface area contributed by atoms with E-state index in [0.29, 0.717) is 29.3 Å². The number of amides is 1. The van der Waals surface area contributed by atoms with Crippen LogP contribution in [0.2, 0.25) is 5.15 Å². The molecule has 0 unspecified atom stereocenters. The van der Waals surface area contributed by atoms with E-state index in [4.69, 9.17) is 16.3 Å². The number of carbonyl (C=O) groups excluding carboxylic acids is 1. The zero-order valence-electron chi connectivity index (χ0n) is 17.8. The number of rotatable bonds is 6. The van der Waals surface area contributed by atoms with Crippen molar-refractivity contribution in [3.8, 4) is 0 Å². The topological polar surface area (TPSA) is 61.8 Å². The summed E-state index contributed by atoms with van der Waals surface area (Å²) in [5, 5.41) is 1.10. The third-order valence-electron chi connectivity index (χ3n) is 5.67. The second-order valence-corrected chi connectivity index (χ2v) is 8.97. The van der Waals surface area contributed by atoms with Gasteiger partial charge in [-0.15, -0.1) is 0 Å². The first kappa shape index (κ1) is 22.3. The summed E-state index contributed by atoms with van der Waals surface area (Å²) in [7, 11) is 0. The minimum Gasteiger partial charge on any atom is -0.378 e. The number of likely N-dealkylation sites (N-methyl/N-ethyl adjacent to an activating group) is 1. The van der Waals surface area contributed by atoms with E-state index in [-0.39, 0.29) is 5.91 Å². The summed E-state index contributed by atoms with van der Waals surface area (Å²) in [4.78, 5) is 28.3. The molecule has 3 heterocycles. The molecule has 4 rings (SSSR count). The highest BCUT2D eigenvalue weighted by molar-refractivity contribution is 7.98. The Labute approximate surface area is 192 Å². The molecule has 1 amide bonds. The third kappa shape index (κ3) is 5.88. The largest absolute Gasteiger partial charge is 0.378 e. The van der Waals surface area contributed by atoms with Gasteiger partial charge >= 0.3 is 0 Å². The zero-order valence-corrected chi connectivity index (χ0v) is 19.4. The van der Waals surface area contributed by atoms with Crippen LogP contribution in [0.3, 0.4) is 0 Å². The Kier molecular flexibility index (Phi) is 7.66. The number of hydrogen-bond acceptors (Lipinski definition) is 7. The van der Waals surface area contributed by atoms with E-state index in [1.165, 1.54) is 0 Å². The third-order valence-corrected chi connectivity index (χ3v) is 6.78. The zero-order chi connectivity index (χ0) is 21.6. The molecule has 31 heavy (non-hydrogen) atoms. The quantitative estimate of drug-likeness (QED) is 0.372. The number of ether oxygens (including phenoxy) is 1. The fourth-order valence-corrected chi connectivity index (χ4v) is 4.78. The summed E-state index contributed by atoms with van der Waals surface area (Å²) in [5.41, 5.74) is 1.86. The molecule has 0 aliphatic carbocycles. The van der Waals surface area contributed by atoms with Gasteiger partial charge in [-0.3, -0.25) is 4.79 Å². The Morgan fingerprint density at radius 3 is 2.45 bits per heavy atom. The van der Waals surface area contributed by atoms with Crippen molar-refractivity contribution in [2.24, 2.45) is 0 Å². The number of aromatic nitrogens is 2. The normalized spacial score (nSPS) is 17.7. The number of piperazine rings is 1. The molecule has 1 aromatic carbocycles. The SMILES string of the molecule is CCN1CCN(C(=O)c2ccc(CSc3nc(Cl)cc(N4CCOCC4)n3)cc2)CC1. The minimum atomic E-state index is 0.114. The lowest BCUT2D eigenvalue weighted by Gasteiger charge is -2.34. The Morgan fingerprint density at radius 2 is 1.77 bits per heavy atom. The highest BCUT2D eigenvalue weighted by Gasteiger charge is 2.21. The van der Waals surface area contributed by atoms with E-state index in [0.717, 1.165) is 62.8 Å². The molecule has 0 radical (unpaired) electrons. The Morgan fingerprint density at radius 1 is 1.06 bits per heavy atom. The smallest absolute Gasteiger partial charge is 0.253 e. The highest BCUT2D eigenvalue weighted by atomic mass is 35.5. The van der Waals surface area contributed by atoms with Crippen molar-refractivity contribution in [1.29, 1.82) is 0 Å². The van der Waals surface area contributed by atoms with Gasteiger partial charge in [0, 0.05) is 56.7 Å². The average molecular weight is 462 g/mol. The lowest BCUT2D eigenvalue weighted by atomic mass is 10.1. The summed E-state index contributed by atoms with van der Waals surface area (Å²) in [5.74, 6) is 1.67. The number of anilines is 1. The lowest BCUT2D eigenvalue weighted by molar-refractivity contribution is 0.0643. The molecule has 1 aromatic heterocycles. The molecule has 2 aliphatic heterocycles. The first-order valence-corrected chi connectivity index (χ1v) is 12.1. The van der Waals surface area contributed by atoms with Gasteiger partial charge in [0.2, 0.25) is 0 Å². The van der Waals surface area contributed by atoms with Gasteiger partial charge in [-0.05, 0) is 24.2 Å². The molecular formula is C22H28ClN5O2S. The van der Waals surface area contributed by atoms with E-state index in [1.807, 2.05) is 29.2 Å². The van der Waals surface area contributed by atoms with Gasteiger partial charge in [0.05, 0.1) is 13.2 Å². The fraction of sp³-hybridized carbons (Fsp3) is 0.500. The van der Waals surface area contributed by atoms with Crippen molar-refractivity contribution in [3.63, 3.8) is 0 Å². The second kappa shape index (κ2) is 10.6. The fourth-order valence-electron chi connectivity index (χ4n) is 3.75. The van der Waals surface area contributed by atoms with Gasteiger partial charge in [0.25, 0.3) is 5.91 Å². The maximum absolute atomic E-state index is 12.8. The summed E-state index contributed by atoms with van der Waals surface area (Å²) in [6.45, 7) is 9.69. The summed E-state index contributed by atoms with van der Waals surface area (Å²) >= 11 is 7.78. The lowest BCUT2D eigenvalue weighted by Crippen LogP contribution is -2.48. The van der Waals surface area contributed by atoms with Crippen molar-refractivity contribution in [3.05, 3.63) is 46.6 Å². The molecule has 2 saturated heterocycles. The van der Waals surface area contributed by atoms with Crippen LogP contribution in [0.1, 0.15) is 22.8 Å².